The van der Waals surface area contributed by atoms with Crippen molar-refractivity contribution in [2.45, 2.75) is 27.7 Å². The number of ether oxygens (including phenoxy) is 1. The Bertz CT molecular complexity index is 1190. The summed E-state index contributed by atoms with van der Waals surface area (Å²) in [4.78, 5) is 35.3. The maximum atomic E-state index is 12.3. The molecule has 0 spiro atoms. The molecule has 0 aliphatic heterocycles. The van der Waals surface area contributed by atoms with Crippen LogP contribution in [-0.4, -0.2) is 35.2 Å². The van der Waals surface area contributed by atoms with Crippen molar-refractivity contribution in [1.29, 1.82) is 0 Å². The Morgan fingerprint density at radius 2 is 1.64 bits per heavy atom. The molecule has 3 rings (SSSR count). The van der Waals surface area contributed by atoms with Gasteiger partial charge >= 0.3 is 5.97 Å². The molecule has 0 aliphatic rings. The third kappa shape index (κ3) is 5.74. The molecular weight excluding hydrogens is 420 g/mol. The summed E-state index contributed by atoms with van der Waals surface area (Å²) in [5.74, 6) is -0.883. The van der Waals surface area contributed by atoms with E-state index < -0.39 is 0 Å². The third-order valence-electron chi connectivity index (χ3n) is 4.94. The van der Waals surface area contributed by atoms with E-state index in [2.05, 4.69) is 15.8 Å². The number of benzene rings is 2. The first-order chi connectivity index (χ1) is 15.8. The van der Waals surface area contributed by atoms with Crippen LogP contribution < -0.4 is 10.7 Å². The minimum Gasteiger partial charge on any atom is -0.462 e. The minimum atomic E-state index is -0.357. The molecule has 0 atom stereocenters. The molecule has 2 N–H and O–H groups in total. The Labute approximate surface area is 192 Å². The van der Waals surface area contributed by atoms with E-state index in [1.54, 1.807) is 49.5 Å². The molecule has 0 saturated carbocycles. The van der Waals surface area contributed by atoms with Crippen LogP contribution in [-0.2, 0) is 9.53 Å². The molecular formula is C25H26N4O4. The van der Waals surface area contributed by atoms with Gasteiger partial charge in [-0.2, -0.15) is 5.10 Å². The highest BCUT2D eigenvalue weighted by atomic mass is 16.5. The van der Waals surface area contributed by atoms with Gasteiger partial charge in [0.1, 0.15) is 0 Å². The van der Waals surface area contributed by atoms with Crippen molar-refractivity contribution in [1.82, 2.24) is 9.99 Å². The zero-order valence-electron chi connectivity index (χ0n) is 19.0. The van der Waals surface area contributed by atoms with Crippen LogP contribution >= 0.6 is 0 Å². The van der Waals surface area contributed by atoms with Gasteiger partial charge in [0.15, 0.2) is 0 Å². The van der Waals surface area contributed by atoms with Crippen LogP contribution in [0.5, 0.6) is 0 Å². The van der Waals surface area contributed by atoms with Crippen molar-refractivity contribution >= 4 is 29.7 Å². The van der Waals surface area contributed by atoms with Gasteiger partial charge in [-0.3, -0.25) is 9.59 Å². The SMILES string of the molecule is CCOC(=O)c1ccc(-n2c(C)cc(/C=N\NC(=O)c3ccc(NC(C)=O)cc3)c2C)cc1. The minimum absolute atomic E-state index is 0.177. The Hall–Kier alpha value is -4.20. The van der Waals surface area contributed by atoms with E-state index in [9.17, 15) is 14.4 Å². The number of nitrogens with zero attached hydrogens (tertiary/aromatic N) is 2. The molecule has 0 radical (unpaired) electrons. The second-order valence-corrected chi connectivity index (χ2v) is 7.39. The lowest BCUT2D eigenvalue weighted by Crippen LogP contribution is -2.17. The number of carbonyl (C=O) groups excluding carboxylic acids is 3. The quantitative estimate of drug-likeness (QED) is 0.325. The Morgan fingerprint density at radius 3 is 2.24 bits per heavy atom. The molecule has 0 saturated heterocycles. The number of hydrogen-bond donors (Lipinski definition) is 2. The summed E-state index contributed by atoms with van der Waals surface area (Å²) in [7, 11) is 0. The normalized spacial score (nSPS) is 10.8. The number of esters is 1. The fourth-order valence-electron chi connectivity index (χ4n) is 3.41. The van der Waals surface area contributed by atoms with E-state index in [0.29, 0.717) is 23.4 Å². The monoisotopic (exact) mass is 446 g/mol. The molecule has 1 aromatic heterocycles. The first-order valence-corrected chi connectivity index (χ1v) is 10.5. The Balaban J connectivity index is 1.70. The predicted molar refractivity (Wildman–Crippen MR) is 127 cm³/mol. The maximum Gasteiger partial charge on any atom is 0.338 e. The fourth-order valence-corrected chi connectivity index (χ4v) is 3.41. The highest BCUT2D eigenvalue weighted by Crippen LogP contribution is 2.20. The lowest BCUT2D eigenvalue weighted by Gasteiger charge is -2.10. The molecule has 2 amide bonds. The molecule has 8 nitrogen and oxygen atoms in total. The summed E-state index contributed by atoms with van der Waals surface area (Å²) in [6.07, 6.45) is 1.59. The zero-order valence-corrected chi connectivity index (χ0v) is 19.0. The maximum absolute atomic E-state index is 12.3. The molecule has 0 bridgehead atoms. The summed E-state index contributed by atoms with van der Waals surface area (Å²) in [5.41, 5.74) is 7.73. The average molecular weight is 447 g/mol. The molecule has 1 heterocycles. The van der Waals surface area contributed by atoms with Crippen LogP contribution in [0.15, 0.2) is 59.7 Å². The molecule has 2 aromatic carbocycles. The predicted octanol–water partition coefficient (Wildman–Crippen LogP) is 3.99. The Kier molecular flexibility index (Phi) is 7.40. The van der Waals surface area contributed by atoms with Crippen molar-refractivity contribution in [3.8, 4) is 5.69 Å². The first kappa shape index (κ1) is 23.5. The first-order valence-electron chi connectivity index (χ1n) is 10.5. The van der Waals surface area contributed by atoms with Gasteiger partial charge in [-0.25, -0.2) is 10.2 Å². The Morgan fingerprint density at radius 1 is 1.00 bits per heavy atom. The number of rotatable bonds is 7. The molecule has 0 aliphatic carbocycles. The van der Waals surface area contributed by atoms with Crippen molar-refractivity contribution in [3.05, 3.63) is 82.7 Å². The van der Waals surface area contributed by atoms with Crippen molar-refractivity contribution in [2.75, 3.05) is 11.9 Å². The molecule has 0 fully saturated rings. The number of hydrazone groups is 1. The summed E-state index contributed by atoms with van der Waals surface area (Å²) in [6, 6.07) is 15.7. The molecule has 170 valence electrons. The molecule has 8 heteroatoms. The lowest BCUT2D eigenvalue weighted by molar-refractivity contribution is -0.114. The number of aryl methyl sites for hydroxylation is 1. The van der Waals surface area contributed by atoms with Crippen LogP contribution in [0.4, 0.5) is 5.69 Å². The standard InChI is InChI=1S/C25H26N4O4/c1-5-33-25(32)20-8-12-23(13-9-20)29-16(2)14-21(17(29)3)15-26-28-24(31)19-6-10-22(11-7-19)27-18(4)30/h6-15H,5H2,1-4H3,(H,27,30)(H,28,31)/b26-15-. The summed E-state index contributed by atoms with van der Waals surface area (Å²) < 4.78 is 7.07. The van der Waals surface area contributed by atoms with Gasteiger partial charge in [0.25, 0.3) is 5.91 Å². The molecule has 33 heavy (non-hydrogen) atoms. The van der Waals surface area contributed by atoms with Crippen LogP contribution in [0.1, 0.15) is 51.5 Å². The highest BCUT2D eigenvalue weighted by molar-refractivity contribution is 5.96. The second kappa shape index (κ2) is 10.4. The van der Waals surface area contributed by atoms with Gasteiger partial charge in [0, 0.05) is 40.8 Å². The molecule has 0 unspecified atom stereocenters. The summed E-state index contributed by atoms with van der Waals surface area (Å²) >= 11 is 0. The van der Waals surface area contributed by atoms with Crippen LogP contribution in [0.25, 0.3) is 5.69 Å². The van der Waals surface area contributed by atoms with Gasteiger partial charge in [0.05, 0.1) is 18.4 Å². The van der Waals surface area contributed by atoms with E-state index in [-0.39, 0.29) is 17.8 Å². The van der Waals surface area contributed by atoms with Gasteiger partial charge in [-0.1, -0.05) is 0 Å². The van der Waals surface area contributed by atoms with E-state index in [1.165, 1.54) is 6.92 Å². The van der Waals surface area contributed by atoms with Gasteiger partial charge in [-0.05, 0) is 75.4 Å². The fraction of sp³-hybridized carbons (Fsp3) is 0.200. The van der Waals surface area contributed by atoms with E-state index in [0.717, 1.165) is 22.6 Å². The zero-order chi connectivity index (χ0) is 24.0. The van der Waals surface area contributed by atoms with Gasteiger partial charge < -0.3 is 14.6 Å². The average Bonchev–Trinajstić information content (AvgIpc) is 3.07. The van der Waals surface area contributed by atoms with E-state index in [1.807, 2.05) is 36.6 Å². The third-order valence-corrected chi connectivity index (χ3v) is 4.94. The molecule has 3 aromatic rings. The number of carbonyl (C=O) groups is 3. The summed E-state index contributed by atoms with van der Waals surface area (Å²) in [6.45, 7) is 7.45. The van der Waals surface area contributed by atoms with E-state index >= 15 is 0 Å². The van der Waals surface area contributed by atoms with Crippen molar-refractivity contribution in [2.24, 2.45) is 5.10 Å². The van der Waals surface area contributed by atoms with Crippen molar-refractivity contribution < 1.29 is 19.1 Å². The number of amides is 2. The number of nitrogens with one attached hydrogen (secondary N) is 2. The van der Waals surface area contributed by atoms with Gasteiger partial charge in [0.2, 0.25) is 5.91 Å². The summed E-state index contributed by atoms with van der Waals surface area (Å²) in [5, 5.41) is 6.74. The van der Waals surface area contributed by atoms with Gasteiger partial charge in [-0.15, -0.1) is 0 Å². The number of hydrogen-bond acceptors (Lipinski definition) is 5. The lowest BCUT2D eigenvalue weighted by atomic mass is 10.2. The van der Waals surface area contributed by atoms with Crippen LogP contribution in [0.3, 0.4) is 0 Å². The topological polar surface area (TPSA) is 102 Å². The smallest absolute Gasteiger partial charge is 0.338 e. The van der Waals surface area contributed by atoms with E-state index in [4.69, 9.17) is 4.74 Å². The second-order valence-electron chi connectivity index (χ2n) is 7.39. The van der Waals surface area contributed by atoms with Crippen LogP contribution in [0.2, 0.25) is 0 Å². The largest absolute Gasteiger partial charge is 0.462 e. The van der Waals surface area contributed by atoms with Crippen LogP contribution in [0, 0.1) is 13.8 Å². The number of aromatic nitrogens is 1. The van der Waals surface area contributed by atoms with Crippen molar-refractivity contribution in [3.63, 3.8) is 0 Å². The number of anilines is 1. The highest BCUT2D eigenvalue weighted by Gasteiger charge is 2.12.